The van der Waals surface area contributed by atoms with Gasteiger partial charge in [-0.15, -0.1) is 0 Å². The van der Waals surface area contributed by atoms with Crippen LogP contribution >= 0.6 is 0 Å². The molecule has 3 atom stereocenters. The van der Waals surface area contributed by atoms with Crippen molar-refractivity contribution >= 4 is 11.5 Å². The zero-order valence-corrected chi connectivity index (χ0v) is 12.3. The van der Waals surface area contributed by atoms with E-state index >= 15 is 0 Å². The number of nitrogens with one attached hydrogen (secondary N) is 1. The second-order valence-electron chi connectivity index (χ2n) is 6.50. The fraction of sp³-hybridized carbons (Fsp3) is 0.786. The van der Waals surface area contributed by atoms with E-state index in [4.69, 9.17) is 0 Å². The third-order valence-corrected chi connectivity index (χ3v) is 4.79. The van der Waals surface area contributed by atoms with Gasteiger partial charge in [0.1, 0.15) is 5.69 Å². The highest BCUT2D eigenvalue weighted by atomic mass is 16.6. The monoisotopic (exact) mass is 278 g/mol. The molecule has 20 heavy (non-hydrogen) atoms. The highest BCUT2D eigenvalue weighted by Gasteiger charge is 2.41. The summed E-state index contributed by atoms with van der Waals surface area (Å²) >= 11 is 0. The molecule has 0 amide bonds. The minimum atomic E-state index is -0.309. The van der Waals surface area contributed by atoms with Gasteiger partial charge in [0.15, 0.2) is 0 Å². The smallest absolute Gasteiger partial charge is 0.333 e. The van der Waals surface area contributed by atoms with Crippen LogP contribution in [0.2, 0.25) is 0 Å². The van der Waals surface area contributed by atoms with E-state index in [9.17, 15) is 10.1 Å². The lowest BCUT2D eigenvalue weighted by molar-refractivity contribution is -0.384. The van der Waals surface area contributed by atoms with Gasteiger partial charge in [-0.3, -0.25) is 10.1 Å². The molecule has 1 aromatic heterocycles. The fourth-order valence-corrected chi connectivity index (χ4v) is 3.86. The number of hydrogen-bond acceptors (Lipinski definition) is 4. The third kappa shape index (κ3) is 2.07. The van der Waals surface area contributed by atoms with Crippen LogP contribution in [0, 0.1) is 28.9 Å². The Hall–Kier alpha value is -1.59. The van der Waals surface area contributed by atoms with E-state index in [1.165, 1.54) is 19.3 Å². The molecule has 3 unspecified atom stereocenters. The number of aromatic nitrogens is 2. The molecular weight excluding hydrogens is 256 g/mol. The van der Waals surface area contributed by atoms with Crippen LogP contribution in [0.1, 0.15) is 51.3 Å². The summed E-state index contributed by atoms with van der Waals surface area (Å²) in [5, 5.41) is 19.1. The van der Waals surface area contributed by atoms with Crippen molar-refractivity contribution in [1.29, 1.82) is 0 Å². The highest BCUT2D eigenvalue weighted by Crippen LogP contribution is 2.46. The molecule has 2 saturated carbocycles. The summed E-state index contributed by atoms with van der Waals surface area (Å²) < 4.78 is 1.76. The first-order chi connectivity index (χ1) is 9.47. The van der Waals surface area contributed by atoms with E-state index in [0.717, 1.165) is 12.3 Å². The SMILES string of the molecule is Cc1nn(C(C)C)c(NC2CC3CCC2C3)c1[N+](=O)[O-]. The number of fused-ring (bicyclic) bond motifs is 2. The molecule has 2 aliphatic rings. The Labute approximate surface area is 118 Å². The maximum Gasteiger partial charge on any atom is 0.333 e. The molecule has 2 fully saturated rings. The van der Waals surface area contributed by atoms with Crippen molar-refractivity contribution in [2.24, 2.45) is 11.8 Å². The predicted octanol–water partition coefficient (Wildman–Crippen LogP) is 3.28. The number of nitro groups is 1. The Kier molecular flexibility index (Phi) is 3.18. The van der Waals surface area contributed by atoms with E-state index in [1.54, 1.807) is 11.6 Å². The second-order valence-corrected chi connectivity index (χ2v) is 6.50. The molecule has 110 valence electrons. The van der Waals surface area contributed by atoms with E-state index in [2.05, 4.69) is 10.4 Å². The van der Waals surface area contributed by atoms with Crippen molar-refractivity contribution < 1.29 is 4.92 Å². The molecular formula is C14H22N4O2. The lowest BCUT2D eigenvalue weighted by Crippen LogP contribution is -2.28. The largest absolute Gasteiger partial charge is 0.361 e. The quantitative estimate of drug-likeness (QED) is 0.677. The first-order valence-electron chi connectivity index (χ1n) is 7.47. The molecule has 1 N–H and O–H groups in total. The summed E-state index contributed by atoms with van der Waals surface area (Å²) in [5.74, 6) is 2.09. The van der Waals surface area contributed by atoms with Gasteiger partial charge >= 0.3 is 5.69 Å². The average molecular weight is 278 g/mol. The molecule has 0 aromatic carbocycles. The summed E-state index contributed by atoms with van der Waals surface area (Å²) in [7, 11) is 0. The van der Waals surface area contributed by atoms with Crippen LogP contribution in [-0.4, -0.2) is 20.7 Å². The molecule has 1 aromatic rings. The maximum atomic E-state index is 11.3. The normalized spacial score (nSPS) is 28.3. The molecule has 0 spiro atoms. The number of aryl methyl sites for hydroxylation is 1. The topological polar surface area (TPSA) is 73.0 Å². The van der Waals surface area contributed by atoms with E-state index in [-0.39, 0.29) is 16.7 Å². The van der Waals surface area contributed by atoms with Gasteiger partial charge in [-0.2, -0.15) is 5.10 Å². The Morgan fingerprint density at radius 1 is 1.40 bits per heavy atom. The van der Waals surface area contributed by atoms with E-state index in [0.29, 0.717) is 23.5 Å². The Bertz CT molecular complexity index is 538. The molecule has 0 saturated heterocycles. The van der Waals surface area contributed by atoms with Crippen LogP contribution < -0.4 is 5.32 Å². The second kappa shape index (κ2) is 4.75. The van der Waals surface area contributed by atoms with E-state index < -0.39 is 0 Å². The van der Waals surface area contributed by atoms with Crippen LogP contribution in [0.25, 0.3) is 0 Å². The highest BCUT2D eigenvalue weighted by molar-refractivity contribution is 5.60. The van der Waals surface area contributed by atoms with Gasteiger partial charge < -0.3 is 5.32 Å². The van der Waals surface area contributed by atoms with Crippen molar-refractivity contribution in [3.05, 3.63) is 15.8 Å². The Morgan fingerprint density at radius 3 is 2.65 bits per heavy atom. The zero-order chi connectivity index (χ0) is 14.4. The van der Waals surface area contributed by atoms with Crippen molar-refractivity contribution in [2.45, 2.75) is 58.5 Å². The van der Waals surface area contributed by atoms with Gasteiger partial charge in [-0.05, 0) is 51.9 Å². The molecule has 6 heteroatoms. The summed E-state index contributed by atoms with van der Waals surface area (Å²) in [6.45, 7) is 5.72. The number of nitrogens with zero attached hydrogens (tertiary/aromatic N) is 3. The molecule has 0 aliphatic heterocycles. The predicted molar refractivity (Wildman–Crippen MR) is 76.9 cm³/mol. The van der Waals surface area contributed by atoms with Crippen LogP contribution in [0.4, 0.5) is 11.5 Å². The van der Waals surface area contributed by atoms with E-state index in [1.807, 2.05) is 13.8 Å². The maximum absolute atomic E-state index is 11.3. The first kappa shape index (κ1) is 13.4. The molecule has 2 aliphatic carbocycles. The molecule has 2 bridgehead atoms. The Balaban J connectivity index is 1.92. The van der Waals surface area contributed by atoms with Gasteiger partial charge in [0, 0.05) is 12.1 Å². The van der Waals surface area contributed by atoms with Gasteiger partial charge in [0.25, 0.3) is 0 Å². The molecule has 3 rings (SSSR count). The molecule has 1 heterocycles. The van der Waals surface area contributed by atoms with Gasteiger partial charge in [0.05, 0.1) is 4.92 Å². The summed E-state index contributed by atoms with van der Waals surface area (Å²) in [5.41, 5.74) is 0.635. The lowest BCUT2D eigenvalue weighted by Gasteiger charge is -2.24. The van der Waals surface area contributed by atoms with Crippen LogP contribution in [0.3, 0.4) is 0 Å². The van der Waals surface area contributed by atoms with Crippen LogP contribution in [0.15, 0.2) is 0 Å². The minimum Gasteiger partial charge on any atom is -0.361 e. The standard InChI is InChI=1S/C14H22N4O2/c1-8(2)17-14(13(18(19)20)9(3)16-17)15-12-7-10-4-5-11(12)6-10/h8,10-12,15H,4-7H2,1-3H3. The Morgan fingerprint density at radius 2 is 2.15 bits per heavy atom. The third-order valence-electron chi connectivity index (χ3n) is 4.79. The van der Waals surface area contributed by atoms with Gasteiger partial charge in [0.2, 0.25) is 5.82 Å². The number of rotatable bonds is 4. The summed E-state index contributed by atoms with van der Waals surface area (Å²) in [6, 6.07) is 0.490. The van der Waals surface area contributed by atoms with Crippen LogP contribution in [-0.2, 0) is 0 Å². The number of anilines is 1. The van der Waals surface area contributed by atoms with Crippen molar-refractivity contribution in [3.8, 4) is 0 Å². The zero-order valence-electron chi connectivity index (χ0n) is 12.3. The first-order valence-corrected chi connectivity index (χ1v) is 7.47. The van der Waals surface area contributed by atoms with Crippen molar-refractivity contribution in [1.82, 2.24) is 9.78 Å². The van der Waals surface area contributed by atoms with Gasteiger partial charge in [-0.1, -0.05) is 6.42 Å². The van der Waals surface area contributed by atoms with Gasteiger partial charge in [-0.25, -0.2) is 4.68 Å². The lowest BCUT2D eigenvalue weighted by atomic mass is 9.95. The summed E-state index contributed by atoms with van der Waals surface area (Å²) in [6.07, 6.45) is 5.00. The summed E-state index contributed by atoms with van der Waals surface area (Å²) in [4.78, 5) is 11.0. The van der Waals surface area contributed by atoms with Crippen molar-refractivity contribution in [2.75, 3.05) is 5.32 Å². The molecule has 6 nitrogen and oxygen atoms in total. The molecule has 0 radical (unpaired) electrons. The average Bonchev–Trinajstić information content (AvgIpc) is 3.03. The minimum absolute atomic E-state index is 0.114. The van der Waals surface area contributed by atoms with Crippen molar-refractivity contribution in [3.63, 3.8) is 0 Å². The van der Waals surface area contributed by atoms with Crippen LogP contribution in [0.5, 0.6) is 0 Å². The fourth-order valence-electron chi connectivity index (χ4n) is 3.86. The number of hydrogen-bond donors (Lipinski definition) is 1.